The lowest BCUT2D eigenvalue weighted by Gasteiger charge is -2.31. The Kier molecular flexibility index (Phi) is 4.92. The van der Waals surface area contributed by atoms with Crippen molar-refractivity contribution in [3.05, 3.63) is 11.6 Å². The number of rotatable bonds is 4. The third-order valence-corrected chi connectivity index (χ3v) is 3.73. The van der Waals surface area contributed by atoms with Gasteiger partial charge in [0, 0.05) is 12.0 Å². The summed E-state index contributed by atoms with van der Waals surface area (Å²) in [6, 6.07) is 0. The van der Waals surface area contributed by atoms with Crippen molar-refractivity contribution < 1.29 is 22.1 Å². The van der Waals surface area contributed by atoms with Crippen molar-refractivity contribution in [3.8, 4) is 0 Å². The number of allylic oxidation sites excluding steroid dienone is 1. The van der Waals surface area contributed by atoms with Crippen molar-refractivity contribution >= 4 is 16.1 Å². The van der Waals surface area contributed by atoms with Crippen LogP contribution >= 0.6 is 0 Å². The molecule has 0 amide bonds. The van der Waals surface area contributed by atoms with Crippen molar-refractivity contribution in [1.29, 1.82) is 0 Å². The lowest BCUT2D eigenvalue weighted by molar-refractivity contribution is -0.139. The number of hydrogen-bond donors (Lipinski definition) is 0. The molecule has 1 rings (SSSR count). The highest BCUT2D eigenvalue weighted by molar-refractivity contribution is 7.86. The van der Waals surface area contributed by atoms with Gasteiger partial charge in [-0.1, -0.05) is 19.9 Å². The Morgan fingerprint density at radius 1 is 1.44 bits per heavy atom. The van der Waals surface area contributed by atoms with Crippen LogP contribution in [0.5, 0.6) is 0 Å². The van der Waals surface area contributed by atoms with Crippen LogP contribution in [0.3, 0.4) is 0 Å². The van der Waals surface area contributed by atoms with Gasteiger partial charge in [-0.2, -0.15) is 8.42 Å². The predicted octanol–water partition coefficient (Wildman–Crippen LogP) is 1.50. The Hall–Kier alpha value is -0.880. The molecule has 0 aliphatic heterocycles. The van der Waals surface area contributed by atoms with E-state index in [1.165, 1.54) is 0 Å². The van der Waals surface area contributed by atoms with Gasteiger partial charge in [0.2, 0.25) is 0 Å². The first-order valence-electron chi connectivity index (χ1n) is 6.00. The number of hydrogen-bond acceptors (Lipinski definition) is 5. The molecule has 0 aromatic rings. The molecule has 0 aromatic heterocycles. The van der Waals surface area contributed by atoms with Crippen molar-refractivity contribution in [3.63, 3.8) is 0 Å². The normalized spacial score (nSPS) is 28.7. The highest BCUT2D eigenvalue weighted by Gasteiger charge is 2.33. The summed E-state index contributed by atoms with van der Waals surface area (Å²) in [7, 11) is -3.52. The number of carbonyl (C=O) groups excluding carboxylic acids is 1. The van der Waals surface area contributed by atoms with Crippen LogP contribution in [0.1, 0.15) is 27.2 Å². The van der Waals surface area contributed by atoms with E-state index in [0.29, 0.717) is 12.2 Å². The van der Waals surface area contributed by atoms with Crippen LogP contribution in [0.2, 0.25) is 0 Å². The molecule has 0 spiro atoms. The van der Waals surface area contributed by atoms with E-state index in [2.05, 4.69) is 0 Å². The third-order valence-electron chi connectivity index (χ3n) is 3.14. The van der Waals surface area contributed by atoms with Gasteiger partial charge in [-0.15, -0.1) is 0 Å². The molecule has 1 aliphatic carbocycles. The monoisotopic (exact) mass is 276 g/mol. The second-order valence-electron chi connectivity index (χ2n) is 4.67. The minimum atomic E-state index is -3.52. The third kappa shape index (κ3) is 4.10. The van der Waals surface area contributed by atoms with Gasteiger partial charge in [0.25, 0.3) is 10.1 Å². The van der Waals surface area contributed by atoms with E-state index in [-0.39, 0.29) is 18.3 Å². The van der Waals surface area contributed by atoms with Crippen LogP contribution in [0.4, 0.5) is 0 Å². The second kappa shape index (κ2) is 5.84. The minimum absolute atomic E-state index is 0.0397. The van der Waals surface area contributed by atoms with E-state index in [9.17, 15) is 13.2 Å². The predicted molar refractivity (Wildman–Crippen MR) is 67.4 cm³/mol. The molecule has 0 saturated carbocycles. The zero-order chi connectivity index (χ0) is 13.9. The molecule has 0 bridgehead atoms. The van der Waals surface area contributed by atoms with Crippen molar-refractivity contribution in [1.82, 2.24) is 0 Å². The van der Waals surface area contributed by atoms with Gasteiger partial charge in [-0.25, -0.2) is 4.79 Å². The van der Waals surface area contributed by atoms with Crippen LogP contribution < -0.4 is 0 Å². The molecule has 0 saturated heterocycles. The van der Waals surface area contributed by atoms with Crippen molar-refractivity contribution in [2.45, 2.75) is 33.3 Å². The average molecular weight is 276 g/mol. The summed E-state index contributed by atoms with van der Waals surface area (Å²) in [4.78, 5) is 11.7. The molecule has 3 atom stereocenters. The first-order valence-corrected chi connectivity index (χ1v) is 7.82. The van der Waals surface area contributed by atoms with Gasteiger partial charge >= 0.3 is 5.97 Å². The molecule has 0 fully saturated rings. The van der Waals surface area contributed by atoms with Crippen LogP contribution in [0, 0.1) is 11.8 Å². The van der Waals surface area contributed by atoms with Crippen LogP contribution in [0.15, 0.2) is 11.6 Å². The van der Waals surface area contributed by atoms with Gasteiger partial charge in [-0.05, 0) is 18.8 Å². The summed E-state index contributed by atoms with van der Waals surface area (Å²) in [6.07, 6.45) is 2.63. The maximum Gasteiger partial charge on any atom is 0.333 e. The fourth-order valence-electron chi connectivity index (χ4n) is 2.00. The summed E-state index contributed by atoms with van der Waals surface area (Å²) in [6.45, 7) is 5.89. The molecular weight excluding hydrogens is 256 g/mol. The molecule has 1 aliphatic rings. The standard InChI is InChI=1S/C12H20O5S/c1-5-16-12(13)10-6-8(2)9(3)11(7-10)17-18(4,14)15/h6,8-9,11H,5,7H2,1-4H3/t8-,9-,11+/m1/s1. The van der Waals surface area contributed by atoms with Gasteiger partial charge in [0.1, 0.15) is 0 Å². The van der Waals surface area contributed by atoms with Crippen molar-refractivity contribution in [2.24, 2.45) is 11.8 Å². The van der Waals surface area contributed by atoms with E-state index in [4.69, 9.17) is 8.92 Å². The first kappa shape index (κ1) is 15.2. The largest absolute Gasteiger partial charge is 0.463 e. The van der Waals surface area contributed by atoms with Crippen LogP contribution in [-0.2, 0) is 23.8 Å². The maximum absolute atomic E-state index is 11.7. The Balaban J connectivity index is 2.86. The summed E-state index contributed by atoms with van der Waals surface area (Å²) >= 11 is 0. The number of ether oxygens (including phenoxy) is 1. The van der Waals surface area contributed by atoms with E-state index in [1.807, 2.05) is 19.9 Å². The first-order chi connectivity index (χ1) is 8.24. The Morgan fingerprint density at radius 3 is 2.56 bits per heavy atom. The molecule has 0 heterocycles. The van der Waals surface area contributed by atoms with Crippen LogP contribution in [0.25, 0.3) is 0 Å². The Morgan fingerprint density at radius 2 is 2.06 bits per heavy atom. The van der Waals surface area contributed by atoms with E-state index < -0.39 is 22.2 Å². The molecular formula is C12H20O5S. The fraction of sp³-hybridized carbons (Fsp3) is 0.750. The quantitative estimate of drug-likeness (QED) is 0.575. The van der Waals surface area contributed by atoms with Gasteiger partial charge in [0.15, 0.2) is 0 Å². The molecule has 104 valence electrons. The average Bonchev–Trinajstić information content (AvgIpc) is 2.22. The van der Waals surface area contributed by atoms with Gasteiger partial charge in [-0.3, -0.25) is 4.18 Å². The molecule has 0 radical (unpaired) electrons. The van der Waals surface area contributed by atoms with E-state index in [0.717, 1.165) is 6.26 Å². The summed E-state index contributed by atoms with van der Waals surface area (Å²) in [5.41, 5.74) is 0.496. The zero-order valence-corrected chi connectivity index (χ0v) is 12.0. The van der Waals surface area contributed by atoms with E-state index in [1.54, 1.807) is 6.92 Å². The SMILES string of the molecule is CCOC(=O)C1=C[C@@H](C)[C@@H](C)[C@@H](OS(C)(=O)=O)C1. The maximum atomic E-state index is 11.7. The fourth-order valence-corrected chi connectivity index (χ4v) is 2.69. The molecule has 0 aromatic carbocycles. The lowest BCUT2D eigenvalue weighted by atomic mass is 9.81. The van der Waals surface area contributed by atoms with Crippen LogP contribution in [-0.4, -0.2) is 33.4 Å². The Labute approximate surface area is 108 Å². The van der Waals surface area contributed by atoms with Gasteiger partial charge < -0.3 is 4.74 Å². The summed E-state index contributed by atoms with van der Waals surface area (Å²) in [5, 5.41) is 0. The number of esters is 1. The molecule has 6 heteroatoms. The summed E-state index contributed by atoms with van der Waals surface area (Å²) < 4.78 is 32.4. The number of carbonyl (C=O) groups is 1. The molecule has 0 N–H and O–H groups in total. The zero-order valence-electron chi connectivity index (χ0n) is 11.2. The molecule has 0 unspecified atom stereocenters. The summed E-state index contributed by atoms with van der Waals surface area (Å²) in [5.74, 6) is -0.277. The smallest absolute Gasteiger partial charge is 0.333 e. The highest BCUT2D eigenvalue weighted by Crippen LogP contribution is 2.32. The Bertz CT molecular complexity index is 437. The second-order valence-corrected chi connectivity index (χ2v) is 6.27. The topological polar surface area (TPSA) is 69.7 Å². The molecule has 5 nitrogen and oxygen atoms in total. The van der Waals surface area contributed by atoms with Gasteiger partial charge in [0.05, 0.1) is 19.0 Å². The highest BCUT2D eigenvalue weighted by atomic mass is 32.2. The van der Waals surface area contributed by atoms with E-state index >= 15 is 0 Å². The minimum Gasteiger partial charge on any atom is -0.463 e. The molecule has 18 heavy (non-hydrogen) atoms. The lowest BCUT2D eigenvalue weighted by Crippen LogP contribution is -2.34. The van der Waals surface area contributed by atoms with Crippen molar-refractivity contribution in [2.75, 3.05) is 12.9 Å².